The van der Waals surface area contributed by atoms with Crippen LogP contribution in [0.15, 0.2) is 0 Å². The van der Waals surface area contributed by atoms with E-state index in [-0.39, 0.29) is 5.48 Å². The Bertz CT molecular complexity index is 159. The van der Waals surface area contributed by atoms with E-state index in [1.807, 2.05) is 0 Å². The van der Waals surface area contributed by atoms with Crippen molar-refractivity contribution in [3.05, 3.63) is 0 Å². The van der Waals surface area contributed by atoms with Gasteiger partial charge in [0.25, 0.3) is 0 Å². The van der Waals surface area contributed by atoms with Crippen LogP contribution in [0.2, 0.25) is 6.04 Å². The Morgan fingerprint density at radius 1 is 1.06 bits per heavy atom. The minimum absolute atomic E-state index is 0. The van der Waals surface area contributed by atoms with Crippen LogP contribution in [0.4, 0.5) is 0 Å². The Balaban J connectivity index is 0.00000225. The fourth-order valence-electron chi connectivity index (χ4n) is 2.19. The van der Waals surface area contributed by atoms with Gasteiger partial charge in [-0.25, -0.2) is 0 Å². The summed E-state index contributed by atoms with van der Waals surface area (Å²) in [5.41, 5.74) is 0. The van der Waals surface area contributed by atoms with Gasteiger partial charge >= 0.3 is 8.80 Å². The van der Waals surface area contributed by atoms with Crippen LogP contribution in [0.5, 0.6) is 0 Å². The van der Waals surface area contributed by atoms with Crippen LogP contribution < -0.4 is 0 Å². The molecule has 0 radical (unpaired) electrons. The van der Waals surface area contributed by atoms with E-state index >= 15 is 0 Å². The third kappa shape index (κ3) is 4.51. The molecule has 0 bridgehead atoms. The van der Waals surface area contributed by atoms with Crippen LogP contribution in [0.25, 0.3) is 0 Å². The topological polar surface area (TPSA) is 59.2 Å². The predicted molar refractivity (Wildman–Crippen MR) is 66.4 cm³/mol. The predicted octanol–water partition coefficient (Wildman–Crippen LogP) is 2.01. The van der Waals surface area contributed by atoms with E-state index in [4.69, 9.17) is 13.3 Å². The van der Waals surface area contributed by atoms with Gasteiger partial charge < -0.3 is 18.8 Å². The molecule has 98 valence electrons. The zero-order valence-electron chi connectivity index (χ0n) is 10.8. The highest BCUT2D eigenvalue weighted by atomic mass is 28.4. The second-order valence-corrected chi connectivity index (χ2v) is 7.44. The van der Waals surface area contributed by atoms with Crippen molar-refractivity contribution >= 4 is 8.80 Å². The first-order valence-electron chi connectivity index (χ1n) is 6.00. The third-order valence-electron chi connectivity index (χ3n) is 3.32. The molecule has 5 heteroatoms. The van der Waals surface area contributed by atoms with Crippen molar-refractivity contribution in [3.63, 3.8) is 0 Å². The number of hydrogen-bond donors (Lipinski definition) is 0. The quantitative estimate of drug-likeness (QED) is 0.678. The molecular weight excluding hydrogens is 224 g/mol. The van der Waals surface area contributed by atoms with E-state index < -0.39 is 8.80 Å². The molecule has 0 aliphatic heterocycles. The summed E-state index contributed by atoms with van der Waals surface area (Å²) in [6.45, 7) is 2.89. The maximum absolute atomic E-state index is 5.91. The van der Waals surface area contributed by atoms with Crippen LogP contribution in [0, 0.1) is 5.92 Å². The van der Waals surface area contributed by atoms with Crippen molar-refractivity contribution in [1.29, 1.82) is 0 Å². The molecule has 0 aromatic heterocycles. The molecule has 4 nitrogen and oxygen atoms in total. The van der Waals surface area contributed by atoms with Gasteiger partial charge in [-0.3, -0.25) is 0 Å². The zero-order valence-corrected chi connectivity index (χ0v) is 11.8. The molecule has 0 amide bonds. The van der Waals surface area contributed by atoms with Gasteiger partial charge in [0.05, 0.1) is 0 Å². The van der Waals surface area contributed by atoms with E-state index in [1.54, 1.807) is 14.2 Å². The van der Waals surface area contributed by atoms with Crippen molar-refractivity contribution in [2.45, 2.75) is 45.1 Å². The summed E-state index contributed by atoms with van der Waals surface area (Å²) >= 11 is 0. The SMILES string of the molecule is CC[Si](OC)(OC)OCC1CCCCC1.O. The highest BCUT2D eigenvalue weighted by Crippen LogP contribution is 2.25. The van der Waals surface area contributed by atoms with Gasteiger partial charge in [0.2, 0.25) is 0 Å². The van der Waals surface area contributed by atoms with Crippen LogP contribution in [0.3, 0.4) is 0 Å². The van der Waals surface area contributed by atoms with Gasteiger partial charge in [0.1, 0.15) is 0 Å². The minimum atomic E-state index is -2.30. The van der Waals surface area contributed by atoms with Crippen molar-refractivity contribution in [2.75, 3.05) is 20.8 Å². The van der Waals surface area contributed by atoms with Crippen LogP contribution in [0.1, 0.15) is 39.0 Å². The number of hydrogen-bond acceptors (Lipinski definition) is 3. The van der Waals surface area contributed by atoms with Crippen molar-refractivity contribution in [3.8, 4) is 0 Å². The van der Waals surface area contributed by atoms with E-state index in [1.165, 1.54) is 32.1 Å². The smallest absolute Gasteiger partial charge is 0.412 e. The van der Waals surface area contributed by atoms with E-state index in [9.17, 15) is 0 Å². The van der Waals surface area contributed by atoms with Gasteiger partial charge in [-0.15, -0.1) is 0 Å². The second-order valence-electron chi connectivity index (χ2n) is 4.26. The molecule has 0 aromatic carbocycles. The fourth-order valence-corrected chi connectivity index (χ4v) is 3.86. The highest BCUT2D eigenvalue weighted by molar-refractivity contribution is 6.60. The Hall–Kier alpha value is 0.0569. The first kappa shape index (κ1) is 16.1. The summed E-state index contributed by atoms with van der Waals surface area (Å²) in [5, 5.41) is 0. The van der Waals surface area contributed by atoms with Crippen molar-refractivity contribution in [2.24, 2.45) is 5.92 Å². The summed E-state index contributed by atoms with van der Waals surface area (Å²) in [6, 6.07) is 0.854. The standard InChI is InChI=1S/C11H24O3Si.H2O/c1-4-15(12-2,13-3)14-10-11-8-6-5-7-9-11;/h11H,4-10H2,1-3H3;1H2. The first-order chi connectivity index (χ1) is 7.26. The number of rotatable bonds is 6. The molecule has 0 aromatic rings. The van der Waals surface area contributed by atoms with Gasteiger partial charge in [-0.05, 0) is 18.8 Å². The zero-order chi connectivity index (χ0) is 11.1. The van der Waals surface area contributed by atoms with Gasteiger partial charge in [0, 0.05) is 26.9 Å². The lowest BCUT2D eigenvalue weighted by Crippen LogP contribution is -2.44. The molecule has 1 aliphatic carbocycles. The summed E-state index contributed by atoms with van der Waals surface area (Å²) in [7, 11) is 1.09. The van der Waals surface area contributed by atoms with Gasteiger partial charge in [-0.2, -0.15) is 0 Å². The molecule has 1 fully saturated rings. The van der Waals surface area contributed by atoms with Crippen LogP contribution in [-0.2, 0) is 13.3 Å². The second kappa shape index (κ2) is 8.19. The highest BCUT2D eigenvalue weighted by Gasteiger charge is 2.37. The van der Waals surface area contributed by atoms with Crippen molar-refractivity contribution in [1.82, 2.24) is 0 Å². The average Bonchev–Trinajstić information content (AvgIpc) is 2.33. The maximum Gasteiger partial charge on any atom is 0.500 e. The normalized spacial score (nSPS) is 18.2. The molecule has 1 saturated carbocycles. The summed E-state index contributed by atoms with van der Waals surface area (Å²) in [4.78, 5) is 0. The third-order valence-corrected chi connectivity index (χ3v) is 6.04. The Kier molecular flexibility index (Phi) is 8.22. The van der Waals surface area contributed by atoms with Gasteiger partial charge in [-0.1, -0.05) is 26.2 Å². The lowest BCUT2D eigenvalue weighted by atomic mass is 9.90. The van der Waals surface area contributed by atoms with E-state index in [0.717, 1.165) is 18.6 Å². The molecule has 0 saturated heterocycles. The monoisotopic (exact) mass is 250 g/mol. The van der Waals surface area contributed by atoms with Crippen molar-refractivity contribution < 1.29 is 18.8 Å². The molecule has 16 heavy (non-hydrogen) atoms. The van der Waals surface area contributed by atoms with E-state index in [2.05, 4.69) is 6.92 Å². The van der Waals surface area contributed by atoms with Crippen LogP contribution in [-0.4, -0.2) is 35.1 Å². The molecule has 2 N–H and O–H groups in total. The average molecular weight is 250 g/mol. The molecule has 0 spiro atoms. The summed E-state index contributed by atoms with van der Waals surface area (Å²) in [5.74, 6) is 0.725. The lowest BCUT2D eigenvalue weighted by molar-refractivity contribution is 0.0754. The molecule has 1 rings (SSSR count). The van der Waals surface area contributed by atoms with E-state index in [0.29, 0.717) is 0 Å². The summed E-state index contributed by atoms with van der Waals surface area (Å²) < 4.78 is 16.8. The first-order valence-corrected chi connectivity index (χ1v) is 7.93. The molecule has 1 aliphatic rings. The molecule has 0 unspecified atom stereocenters. The van der Waals surface area contributed by atoms with Crippen LogP contribution >= 0.6 is 0 Å². The fraction of sp³-hybridized carbons (Fsp3) is 1.00. The maximum atomic E-state index is 5.91. The summed E-state index contributed by atoms with van der Waals surface area (Å²) in [6.07, 6.45) is 6.72. The Morgan fingerprint density at radius 2 is 1.62 bits per heavy atom. The lowest BCUT2D eigenvalue weighted by Gasteiger charge is -2.29. The minimum Gasteiger partial charge on any atom is -0.412 e. The Labute approximate surface area is 100.0 Å². The van der Waals surface area contributed by atoms with Gasteiger partial charge in [0.15, 0.2) is 0 Å². The molecular formula is C11H26O4Si. The molecule has 0 heterocycles. The Morgan fingerprint density at radius 3 is 2.06 bits per heavy atom. The molecule has 0 atom stereocenters. The largest absolute Gasteiger partial charge is 0.500 e.